The number of carbonyl (C=O) groups excluding carboxylic acids is 2. The van der Waals surface area contributed by atoms with Gasteiger partial charge in [-0.15, -0.1) is 0 Å². The molecular formula is C7H5F3N2O2. The topological polar surface area (TPSA) is 76.0 Å². The molecule has 0 atom stereocenters. The second-order valence-corrected chi connectivity index (χ2v) is 2.46. The van der Waals surface area contributed by atoms with Crippen LogP contribution in [0.4, 0.5) is 13.2 Å². The molecule has 0 aliphatic heterocycles. The van der Waals surface area contributed by atoms with Crippen LogP contribution in [0, 0.1) is 0 Å². The van der Waals surface area contributed by atoms with Crippen molar-refractivity contribution in [2.24, 2.45) is 5.73 Å². The van der Waals surface area contributed by atoms with Crippen LogP contribution in [0.2, 0.25) is 0 Å². The highest BCUT2D eigenvalue weighted by molar-refractivity contribution is 6.08. The third kappa shape index (κ3) is 1.76. The van der Waals surface area contributed by atoms with Crippen LogP contribution in [0.1, 0.15) is 20.8 Å². The van der Waals surface area contributed by atoms with Crippen LogP contribution in [0.25, 0.3) is 0 Å². The first kappa shape index (κ1) is 10.3. The third-order valence-electron chi connectivity index (χ3n) is 1.50. The number of Topliss-reactive ketones (excluding diaryl/α,β-unsaturated/α-hetero) is 1. The summed E-state index contributed by atoms with van der Waals surface area (Å²) in [6.07, 6.45) is -3.97. The molecule has 1 aromatic heterocycles. The monoisotopic (exact) mass is 206 g/mol. The standard InChI is InChI=1S/C7H5F3N2O2/c8-7(9,10)5(13)3-1-2-12-4(3)6(11)14/h1-2,12H,(H2,11,14). The summed E-state index contributed by atoms with van der Waals surface area (Å²) in [5, 5.41) is 0. The number of nitrogens with one attached hydrogen (secondary N) is 1. The molecule has 0 saturated carbocycles. The molecule has 1 amide bonds. The Bertz CT molecular complexity index is 381. The van der Waals surface area contributed by atoms with Crippen molar-refractivity contribution in [2.45, 2.75) is 6.18 Å². The summed E-state index contributed by atoms with van der Waals surface area (Å²) in [6.45, 7) is 0. The van der Waals surface area contributed by atoms with Crippen LogP contribution in [-0.2, 0) is 0 Å². The van der Waals surface area contributed by atoms with E-state index in [0.29, 0.717) is 0 Å². The van der Waals surface area contributed by atoms with Crippen molar-refractivity contribution in [3.8, 4) is 0 Å². The zero-order chi connectivity index (χ0) is 10.9. The molecular weight excluding hydrogens is 201 g/mol. The van der Waals surface area contributed by atoms with Gasteiger partial charge in [-0.1, -0.05) is 0 Å². The molecule has 14 heavy (non-hydrogen) atoms. The predicted molar refractivity (Wildman–Crippen MR) is 39.7 cm³/mol. The van der Waals surface area contributed by atoms with Gasteiger partial charge in [0.25, 0.3) is 11.7 Å². The van der Waals surface area contributed by atoms with E-state index in [1.165, 1.54) is 0 Å². The molecule has 0 fully saturated rings. The number of ketones is 1. The van der Waals surface area contributed by atoms with Crippen molar-refractivity contribution >= 4 is 11.7 Å². The number of carbonyl (C=O) groups is 2. The fraction of sp³-hybridized carbons (Fsp3) is 0.143. The first-order valence-corrected chi connectivity index (χ1v) is 3.42. The molecule has 4 nitrogen and oxygen atoms in total. The van der Waals surface area contributed by atoms with Crippen LogP contribution in [0.3, 0.4) is 0 Å². The minimum Gasteiger partial charge on any atom is -0.364 e. The lowest BCUT2D eigenvalue weighted by Gasteiger charge is -2.03. The molecule has 0 spiro atoms. The van der Waals surface area contributed by atoms with Crippen LogP contribution >= 0.6 is 0 Å². The zero-order valence-electron chi connectivity index (χ0n) is 6.68. The number of hydrogen-bond acceptors (Lipinski definition) is 2. The summed E-state index contributed by atoms with van der Waals surface area (Å²) in [5.41, 5.74) is 3.46. The number of H-pyrrole nitrogens is 1. The van der Waals surface area contributed by atoms with E-state index in [1.54, 1.807) is 0 Å². The Morgan fingerprint density at radius 2 is 1.93 bits per heavy atom. The van der Waals surface area contributed by atoms with Gasteiger partial charge in [0, 0.05) is 6.20 Å². The lowest BCUT2D eigenvalue weighted by atomic mass is 10.1. The quantitative estimate of drug-likeness (QED) is 0.704. The highest BCUT2D eigenvalue weighted by Gasteiger charge is 2.41. The summed E-state index contributed by atoms with van der Waals surface area (Å²) in [4.78, 5) is 23.4. The van der Waals surface area contributed by atoms with Crippen LogP contribution < -0.4 is 5.73 Å². The van der Waals surface area contributed by atoms with E-state index >= 15 is 0 Å². The van der Waals surface area contributed by atoms with Gasteiger partial charge in [-0.2, -0.15) is 13.2 Å². The van der Waals surface area contributed by atoms with Gasteiger partial charge in [0.2, 0.25) is 0 Å². The Hall–Kier alpha value is -1.79. The van der Waals surface area contributed by atoms with Gasteiger partial charge in [0.05, 0.1) is 5.56 Å². The SMILES string of the molecule is NC(=O)c1[nH]ccc1C(=O)C(F)(F)F. The number of aromatic amines is 1. The Balaban J connectivity index is 3.14. The molecule has 76 valence electrons. The van der Waals surface area contributed by atoms with Gasteiger partial charge in [-0.3, -0.25) is 9.59 Å². The number of rotatable bonds is 2. The minimum atomic E-state index is -5.01. The van der Waals surface area contributed by atoms with Crippen molar-refractivity contribution in [1.82, 2.24) is 4.98 Å². The average Bonchev–Trinajstić information content (AvgIpc) is 2.48. The molecule has 0 aromatic carbocycles. The fourth-order valence-corrected chi connectivity index (χ4v) is 0.915. The van der Waals surface area contributed by atoms with Gasteiger partial charge in [-0.05, 0) is 6.07 Å². The van der Waals surface area contributed by atoms with Gasteiger partial charge < -0.3 is 10.7 Å². The minimum absolute atomic E-state index is 0.535. The van der Waals surface area contributed by atoms with Crippen LogP contribution in [0.5, 0.6) is 0 Å². The third-order valence-corrected chi connectivity index (χ3v) is 1.50. The van der Waals surface area contributed by atoms with Gasteiger partial charge in [0.15, 0.2) is 0 Å². The molecule has 3 N–H and O–H groups in total. The Kier molecular flexibility index (Phi) is 2.33. The number of aromatic nitrogens is 1. The Morgan fingerprint density at radius 3 is 2.36 bits per heavy atom. The van der Waals surface area contributed by atoms with Crippen molar-refractivity contribution in [3.05, 3.63) is 23.5 Å². The van der Waals surface area contributed by atoms with Gasteiger partial charge in [-0.25, -0.2) is 0 Å². The maximum absolute atomic E-state index is 11.9. The Morgan fingerprint density at radius 1 is 1.36 bits per heavy atom. The average molecular weight is 206 g/mol. The number of primary amides is 1. The maximum Gasteiger partial charge on any atom is 0.454 e. The van der Waals surface area contributed by atoms with E-state index in [1.807, 2.05) is 0 Å². The van der Waals surface area contributed by atoms with Crippen molar-refractivity contribution in [2.75, 3.05) is 0 Å². The molecule has 0 bridgehead atoms. The van der Waals surface area contributed by atoms with Gasteiger partial charge >= 0.3 is 6.18 Å². The summed E-state index contributed by atoms with van der Waals surface area (Å²) in [7, 11) is 0. The predicted octanol–water partition coefficient (Wildman–Crippen LogP) is 0.859. The summed E-state index contributed by atoms with van der Waals surface area (Å²) in [6, 6.07) is 0.857. The summed E-state index contributed by atoms with van der Waals surface area (Å²) >= 11 is 0. The molecule has 0 aliphatic rings. The van der Waals surface area contributed by atoms with Crippen LogP contribution in [0.15, 0.2) is 12.3 Å². The van der Waals surface area contributed by atoms with E-state index in [-0.39, 0.29) is 0 Å². The molecule has 1 rings (SSSR count). The molecule has 0 saturated heterocycles. The van der Waals surface area contributed by atoms with Gasteiger partial charge in [0.1, 0.15) is 5.69 Å². The molecule has 1 heterocycles. The number of alkyl halides is 3. The lowest BCUT2D eigenvalue weighted by molar-refractivity contribution is -0.0885. The Labute approximate surface area is 75.9 Å². The van der Waals surface area contributed by atoms with Crippen molar-refractivity contribution in [3.63, 3.8) is 0 Å². The normalized spacial score (nSPS) is 11.4. The highest BCUT2D eigenvalue weighted by atomic mass is 19.4. The van der Waals surface area contributed by atoms with Crippen molar-refractivity contribution in [1.29, 1.82) is 0 Å². The lowest BCUT2D eigenvalue weighted by Crippen LogP contribution is -2.25. The zero-order valence-corrected chi connectivity index (χ0v) is 6.68. The highest BCUT2D eigenvalue weighted by Crippen LogP contribution is 2.22. The molecule has 0 radical (unpaired) electrons. The van der Waals surface area contributed by atoms with E-state index in [4.69, 9.17) is 5.73 Å². The van der Waals surface area contributed by atoms with Crippen LogP contribution in [-0.4, -0.2) is 22.9 Å². The summed E-state index contributed by atoms with van der Waals surface area (Å²) in [5.74, 6) is -3.20. The van der Waals surface area contributed by atoms with E-state index in [0.717, 1.165) is 12.3 Å². The second kappa shape index (κ2) is 3.17. The largest absolute Gasteiger partial charge is 0.454 e. The first-order chi connectivity index (χ1) is 6.34. The molecule has 7 heteroatoms. The molecule has 1 aromatic rings. The van der Waals surface area contributed by atoms with Crippen molar-refractivity contribution < 1.29 is 22.8 Å². The first-order valence-electron chi connectivity index (χ1n) is 3.42. The smallest absolute Gasteiger partial charge is 0.364 e. The number of nitrogens with two attached hydrogens (primary N) is 1. The maximum atomic E-state index is 11.9. The summed E-state index contributed by atoms with van der Waals surface area (Å²) < 4.78 is 35.8. The van der Waals surface area contributed by atoms with E-state index < -0.39 is 29.1 Å². The number of hydrogen-bond donors (Lipinski definition) is 2. The fourth-order valence-electron chi connectivity index (χ4n) is 0.915. The van der Waals surface area contributed by atoms with E-state index in [9.17, 15) is 22.8 Å². The molecule has 0 unspecified atom stereocenters. The number of amides is 1. The second-order valence-electron chi connectivity index (χ2n) is 2.46. The van der Waals surface area contributed by atoms with E-state index in [2.05, 4.69) is 4.98 Å². The molecule has 0 aliphatic carbocycles. The number of halogens is 3.